The molecule has 186 valence electrons. The Morgan fingerprint density at radius 1 is 0.432 bits per heavy atom. The standard InChI is InChI=1S/3C11H11N.Ir/c3*1-2-6-10(7-3-1)11-8-4-5-9-12-11;/h3*1-9,11-12H;/q;;;+3/i3*11D;/hD3. The number of benzene rings is 3. The number of hydrogen-bond acceptors (Lipinski definition) is 3. The summed E-state index contributed by atoms with van der Waals surface area (Å²) >= 11 is 0. The molecule has 0 spiro atoms. The maximum absolute atomic E-state index is 8.17. The topological polar surface area (TPSA) is 36.1 Å². The molecule has 3 nitrogen and oxygen atoms in total. The van der Waals surface area contributed by atoms with Gasteiger partial charge in [-0.05, 0) is 53.5 Å². The number of rotatable bonds is 3. The van der Waals surface area contributed by atoms with Gasteiger partial charge in [-0.15, -0.1) is 0 Å². The van der Waals surface area contributed by atoms with Crippen LogP contribution in [0.5, 0.6) is 0 Å². The van der Waals surface area contributed by atoms with Crippen LogP contribution in [-0.4, -0.2) is 0 Å². The van der Waals surface area contributed by atoms with Crippen molar-refractivity contribution in [3.8, 4) is 0 Å². The van der Waals surface area contributed by atoms with Gasteiger partial charge in [0.25, 0.3) is 0 Å². The van der Waals surface area contributed by atoms with E-state index in [9.17, 15) is 0 Å². The Labute approximate surface area is 243 Å². The normalized spacial score (nSPS) is 29.0. The number of allylic oxidation sites excluding steroid dienone is 6. The minimum Gasteiger partial charge on any atom is -0.381 e. The van der Waals surface area contributed by atoms with Gasteiger partial charge in [-0.3, -0.25) is 0 Å². The molecule has 0 saturated carbocycles. The van der Waals surface area contributed by atoms with Crippen molar-refractivity contribution in [1.82, 2.24) is 15.9 Å². The van der Waals surface area contributed by atoms with Crippen molar-refractivity contribution in [3.63, 3.8) is 0 Å². The Balaban J connectivity index is 0.000000175. The van der Waals surface area contributed by atoms with Crippen LogP contribution < -0.4 is 15.9 Å². The van der Waals surface area contributed by atoms with Crippen LogP contribution in [0.1, 0.15) is 38.9 Å². The maximum atomic E-state index is 8.17. The molecule has 3 aromatic rings. The van der Waals surface area contributed by atoms with Gasteiger partial charge in [0, 0.05) is 0 Å². The van der Waals surface area contributed by atoms with Crippen LogP contribution in [0.15, 0.2) is 164 Å². The SMILES string of the molecule is [2H]N1C=CC=CC1([2H])c1ccccc1.[2H]N1C=CC=CC1([2H])c1ccccc1.[2H]N1C=CC=CC1([2H])c1ccccc1.[Ir+3]. The minimum absolute atomic E-state index is 0. The van der Waals surface area contributed by atoms with Gasteiger partial charge in [-0.2, -0.15) is 0 Å². The summed E-state index contributed by atoms with van der Waals surface area (Å²) < 4.78 is 47.5. The summed E-state index contributed by atoms with van der Waals surface area (Å²) in [6, 6.07) is 24.9. The van der Waals surface area contributed by atoms with Crippen molar-refractivity contribution in [2.24, 2.45) is 0 Å². The summed E-state index contributed by atoms with van der Waals surface area (Å²) in [4.78, 5) is 0. The van der Waals surface area contributed by atoms with Gasteiger partial charge in [-0.1, -0.05) is 127 Å². The van der Waals surface area contributed by atoms with Gasteiger partial charge in [0.2, 0.25) is 0 Å². The van der Waals surface area contributed by atoms with E-state index in [2.05, 4.69) is 0 Å². The molecule has 3 N–H and O–H groups in total. The Bertz CT molecular complexity index is 1300. The largest absolute Gasteiger partial charge is 3.00 e. The molecular formula is C33H33IrN3+3. The molecule has 0 fully saturated rings. The molecule has 0 aromatic heterocycles. The molecule has 3 aliphatic heterocycles. The second-order valence-electron chi connectivity index (χ2n) is 7.74. The van der Waals surface area contributed by atoms with Gasteiger partial charge in [0.05, 0.1) is 22.2 Å². The fourth-order valence-corrected chi connectivity index (χ4v) is 3.43. The van der Waals surface area contributed by atoms with Crippen molar-refractivity contribution < 1.29 is 28.5 Å². The Morgan fingerprint density at radius 2 is 0.703 bits per heavy atom. The first-order chi connectivity index (χ1) is 20.2. The molecule has 4 heteroatoms. The first-order valence-corrected chi connectivity index (χ1v) is 11.8. The molecule has 3 unspecified atom stereocenters. The van der Waals surface area contributed by atoms with E-state index in [1.165, 1.54) is 0 Å². The molecule has 0 aliphatic carbocycles. The molecule has 3 heterocycles. The number of nitrogens with one attached hydrogen (secondary N) is 3. The van der Waals surface area contributed by atoms with E-state index in [4.69, 9.17) is 8.35 Å². The zero-order valence-corrected chi connectivity index (χ0v) is 22.7. The van der Waals surface area contributed by atoms with Crippen molar-refractivity contribution in [2.45, 2.75) is 18.1 Å². The summed E-state index contributed by atoms with van der Waals surface area (Å²) in [7, 11) is 0. The predicted molar refractivity (Wildman–Crippen MR) is 152 cm³/mol. The van der Waals surface area contributed by atoms with Crippen LogP contribution >= 0.6 is 0 Å². The van der Waals surface area contributed by atoms with Crippen molar-refractivity contribution >= 4 is 0 Å². The molecule has 37 heavy (non-hydrogen) atoms. The Hall–Kier alpha value is -3.85. The molecule has 0 saturated heterocycles. The van der Waals surface area contributed by atoms with Crippen LogP contribution in [0.4, 0.5) is 0 Å². The van der Waals surface area contributed by atoms with Gasteiger partial charge in [0.1, 0.15) is 0 Å². The zero-order chi connectivity index (χ0) is 30.1. The maximum Gasteiger partial charge on any atom is 3.00 e. The summed E-state index contributed by atoms with van der Waals surface area (Å²) in [6.07, 6.45) is 20.5. The molecule has 6 rings (SSSR count). The summed E-state index contributed by atoms with van der Waals surface area (Å²) in [5.74, 6) is 0. The smallest absolute Gasteiger partial charge is 0.381 e. The van der Waals surface area contributed by atoms with Gasteiger partial charge in [-0.25, -0.2) is 0 Å². The van der Waals surface area contributed by atoms with E-state index < -0.39 is 18.1 Å². The number of dihydropyridines is 3. The van der Waals surface area contributed by atoms with Crippen LogP contribution in [-0.2, 0) is 20.1 Å². The van der Waals surface area contributed by atoms with Gasteiger partial charge in [0.15, 0.2) is 4.24 Å². The molecule has 3 aromatic carbocycles. The van der Waals surface area contributed by atoms with E-state index in [-0.39, 0.29) is 20.1 Å². The minimum atomic E-state index is -1.09. The van der Waals surface area contributed by atoms with Gasteiger partial charge < -0.3 is 15.9 Å². The van der Waals surface area contributed by atoms with Crippen molar-refractivity contribution in [3.05, 3.63) is 181 Å². The Morgan fingerprint density at radius 3 is 0.946 bits per heavy atom. The van der Waals surface area contributed by atoms with Crippen molar-refractivity contribution in [2.75, 3.05) is 0 Å². The fraction of sp³-hybridized carbons (Fsp3) is 0.0909. The summed E-state index contributed by atoms with van der Waals surface area (Å²) in [5.41, 5.74) is 2.40. The second-order valence-corrected chi connectivity index (χ2v) is 7.74. The van der Waals surface area contributed by atoms with E-state index in [0.29, 0.717) is 0 Å². The fourth-order valence-electron chi connectivity index (χ4n) is 3.43. The molecule has 0 amide bonds. The molecular weight excluding hydrogens is 631 g/mol. The summed E-state index contributed by atoms with van der Waals surface area (Å²) in [6.45, 7) is 0. The predicted octanol–water partition coefficient (Wildman–Crippen LogP) is 7.20. The van der Waals surface area contributed by atoms with Crippen molar-refractivity contribution in [1.29, 1.82) is 0 Å². The van der Waals surface area contributed by atoms with E-state index in [1.54, 1.807) is 73.3 Å². The zero-order valence-electron chi connectivity index (χ0n) is 26.3. The molecule has 3 atom stereocenters. The average Bonchev–Trinajstić information content (AvgIpc) is 3.04. The van der Waals surface area contributed by atoms with E-state index in [1.807, 2.05) is 91.0 Å². The van der Waals surface area contributed by atoms with E-state index >= 15 is 0 Å². The van der Waals surface area contributed by atoms with Crippen LogP contribution in [0.2, 0.25) is 4.24 Å². The third-order valence-electron chi connectivity index (χ3n) is 5.20. The first kappa shape index (κ1) is 20.2. The third kappa shape index (κ3) is 9.27. The third-order valence-corrected chi connectivity index (χ3v) is 5.20. The van der Waals surface area contributed by atoms with Crippen LogP contribution in [0.3, 0.4) is 0 Å². The van der Waals surface area contributed by atoms with Crippen LogP contribution in [0.25, 0.3) is 0 Å². The van der Waals surface area contributed by atoms with E-state index in [0.717, 1.165) is 32.6 Å². The average molecular weight is 670 g/mol. The monoisotopic (exact) mass is 670 g/mol. The van der Waals surface area contributed by atoms with Gasteiger partial charge >= 0.3 is 20.1 Å². The second kappa shape index (κ2) is 16.0. The molecule has 3 aliphatic rings. The molecule has 0 bridgehead atoms. The summed E-state index contributed by atoms with van der Waals surface area (Å²) in [5, 5.41) is 3.42. The molecule has 0 radical (unpaired) electrons. The Kier molecular flexibility index (Phi) is 8.75. The quantitative estimate of drug-likeness (QED) is 0.276. The van der Waals surface area contributed by atoms with Crippen LogP contribution in [0, 0.1) is 0 Å². The number of hydrogen-bond donors (Lipinski definition) is 3. The first-order valence-electron chi connectivity index (χ1n) is 14.6.